The molecule has 1 aromatic rings. The van der Waals surface area contributed by atoms with Crippen LogP contribution < -0.4 is 4.72 Å². The van der Waals surface area contributed by atoms with Crippen molar-refractivity contribution in [1.82, 2.24) is 4.72 Å². The monoisotopic (exact) mass is 310 g/mol. The van der Waals surface area contributed by atoms with Gasteiger partial charge in [-0.25, -0.2) is 13.1 Å². The van der Waals surface area contributed by atoms with Crippen LogP contribution in [0.2, 0.25) is 0 Å². The van der Waals surface area contributed by atoms with E-state index in [1.54, 1.807) is 24.3 Å². The standard InChI is InChI=1S/C14H18N2O4S/c1-2-5-13(8-14(17)18)16-21(19,20)10-12-7-4-3-6-11(12)9-15/h3-4,6-7,13,16H,2,5,8,10H2,1H3,(H,17,18). The van der Waals surface area contributed by atoms with Gasteiger partial charge < -0.3 is 5.11 Å². The van der Waals surface area contributed by atoms with E-state index in [1.807, 2.05) is 13.0 Å². The van der Waals surface area contributed by atoms with Gasteiger partial charge in [0.05, 0.1) is 23.8 Å². The number of nitriles is 1. The van der Waals surface area contributed by atoms with Gasteiger partial charge in [0, 0.05) is 6.04 Å². The Morgan fingerprint density at radius 3 is 2.67 bits per heavy atom. The fourth-order valence-corrected chi connectivity index (χ4v) is 3.47. The fraction of sp³-hybridized carbons (Fsp3) is 0.429. The summed E-state index contributed by atoms with van der Waals surface area (Å²) >= 11 is 0. The van der Waals surface area contributed by atoms with Crippen LogP contribution in [0.3, 0.4) is 0 Å². The van der Waals surface area contributed by atoms with E-state index in [9.17, 15) is 13.2 Å². The Morgan fingerprint density at radius 2 is 2.10 bits per heavy atom. The number of nitrogens with zero attached hydrogens (tertiary/aromatic N) is 1. The minimum atomic E-state index is -3.70. The Labute approximate surface area is 124 Å². The average molecular weight is 310 g/mol. The highest BCUT2D eigenvalue weighted by Gasteiger charge is 2.21. The van der Waals surface area contributed by atoms with Crippen LogP contribution in [0, 0.1) is 11.3 Å². The summed E-state index contributed by atoms with van der Waals surface area (Å²) < 4.78 is 26.7. The molecular formula is C14H18N2O4S. The maximum absolute atomic E-state index is 12.1. The van der Waals surface area contributed by atoms with Crippen molar-refractivity contribution in [2.75, 3.05) is 0 Å². The molecule has 0 aliphatic rings. The Bertz CT molecular complexity index is 635. The van der Waals surface area contributed by atoms with Gasteiger partial charge in [0.1, 0.15) is 0 Å². The molecule has 1 atom stereocenters. The second-order valence-electron chi connectivity index (χ2n) is 4.73. The summed E-state index contributed by atoms with van der Waals surface area (Å²) in [6.45, 7) is 1.86. The normalized spacial score (nSPS) is 12.6. The molecule has 0 amide bonds. The van der Waals surface area contributed by atoms with Crippen molar-refractivity contribution in [1.29, 1.82) is 5.26 Å². The zero-order valence-electron chi connectivity index (χ0n) is 11.7. The number of rotatable bonds is 8. The largest absolute Gasteiger partial charge is 0.481 e. The summed E-state index contributed by atoms with van der Waals surface area (Å²) in [5, 5.41) is 17.8. The van der Waals surface area contributed by atoms with E-state index in [2.05, 4.69) is 4.72 Å². The van der Waals surface area contributed by atoms with Crippen molar-refractivity contribution in [2.45, 2.75) is 38.0 Å². The first-order valence-electron chi connectivity index (χ1n) is 6.57. The number of carbonyl (C=O) groups is 1. The Hall–Kier alpha value is -1.91. The molecule has 0 aliphatic carbocycles. The summed E-state index contributed by atoms with van der Waals surface area (Å²) in [6.07, 6.45) is 0.869. The molecule has 1 aromatic carbocycles. The molecule has 2 N–H and O–H groups in total. The molecule has 7 heteroatoms. The number of sulfonamides is 1. The third-order valence-electron chi connectivity index (χ3n) is 2.89. The minimum Gasteiger partial charge on any atom is -0.481 e. The van der Waals surface area contributed by atoms with E-state index in [4.69, 9.17) is 10.4 Å². The first-order chi connectivity index (χ1) is 9.88. The van der Waals surface area contributed by atoms with Gasteiger partial charge in [-0.1, -0.05) is 31.5 Å². The smallest absolute Gasteiger partial charge is 0.304 e. The highest BCUT2D eigenvalue weighted by atomic mass is 32.2. The van der Waals surface area contributed by atoms with Crippen molar-refractivity contribution in [3.05, 3.63) is 35.4 Å². The lowest BCUT2D eigenvalue weighted by atomic mass is 10.1. The SMILES string of the molecule is CCCC(CC(=O)O)NS(=O)(=O)Cc1ccccc1C#N. The molecule has 1 unspecified atom stereocenters. The predicted octanol–water partition coefficient (Wildman–Crippen LogP) is 1.62. The molecule has 1 rings (SSSR count). The molecule has 0 fully saturated rings. The van der Waals surface area contributed by atoms with Crippen LogP contribution in [0.15, 0.2) is 24.3 Å². The minimum absolute atomic E-state index is 0.257. The molecule has 21 heavy (non-hydrogen) atoms. The Kier molecular flexibility index (Phi) is 6.34. The first-order valence-corrected chi connectivity index (χ1v) is 8.23. The zero-order valence-corrected chi connectivity index (χ0v) is 12.6. The van der Waals surface area contributed by atoms with Crippen LogP contribution in [-0.4, -0.2) is 25.5 Å². The van der Waals surface area contributed by atoms with Crippen LogP contribution >= 0.6 is 0 Å². The maximum Gasteiger partial charge on any atom is 0.304 e. The van der Waals surface area contributed by atoms with E-state index in [0.717, 1.165) is 0 Å². The van der Waals surface area contributed by atoms with Crippen molar-refractivity contribution in [3.63, 3.8) is 0 Å². The molecule has 114 valence electrons. The lowest BCUT2D eigenvalue weighted by Gasteiger charge is -2.16. The molecule has 0 saturated heterocycles. The van der Waals surface area contributed by atoms with Crippen molar-refractivity contribution in [2.24, 2.45) is 0 Å². The van der Waals surface area contributed by atoms with E-state index < -0.39 is 22.0 Å². The van der Waals surface area contributed by atoms with Crippen LogP contribution in [0.5, 0.6) is 0 Å². The van der Waals surface area contributed by atoms with Crippen molar-refractivity contribution in [3.8, 4) is 6.07 Å². The van der Waals surface area contributed by atoms with Crippen LogP contribution in [0.1, 0.15) is 37.3 Å². The lowest BCUT2D eigenvalue weighted by molar-refractivity contribution is -0.137. The number of aliphatic carboxylic acids is 1. The van der Waals surface area contributed by atoms with E-state index >= 15 is 0 Å². The number of hydrogen-bond acceptors (Lipinski definition) is 4. The van der Waals surface area contributed by atoms with Gasteiger partial charge >= 0.3 is 5.97 Å². The molecule has 0 aromatic heterocycles. The van der Waals surface area contributed by atoms with E-state index in [1.165, 1.54) is 0 Å². The van der Waals surface area contributed by atoms with Crippen molar-refractivity contribution >= 4 is 16.0 Å². The summed E-state index contributed by atoms with van der Waals surface area (Å²) in [7, 11) is -3.70. The third kappa shape index (κ3) is 5.94. The number of benzene rings is 1. The Morgan fingerprint density at radius 1 is 1.43 bits per heavy atom. The average Bonchev–Trinajstić information content (AvgIpc) is 2.37. The fourth-order valence-electron chi connectivity index (χ4n) is 2.02. The second kappa shape index (κ2) is 7.76. The molecule has 0 bridgehead atoms. The van der Waals surface area contributed by atoms with Gasteiger partial charge in [-0.15, -0.1) is 0 Å². The zero-order chi connectivity index (χ0) is 15.9. The summed E-state index contributed by atoms with van der Waals surface area (Å²) in [6, 6.07) is 7.75. The highest BCUT2D eigenvalue weighted by molar-refractivity contribution is 7.88. The van der Waals surface area contributed by atoms with Gasteiger partial charge in [-0.3, -0.25) is 4.79 Å². The molecule has 0 aliphatic heterocycles. The van der Waals surface area contributed by atoms with E-state index in [0.29, 0.717) is 24.0 Å². The van der Waals surface area contributed by atoms with Gasteiger partial charge in [-0.2, -0.15) is 5.26 Å². The van der Waals surface area contributed by atoms with Crippen LogP contribution in [0.25, 0.3) is 0 Å². The molecular weight excluding hydrogens is 292 g/mol. The van der Waals surface area contributed by atoms with E-state index in [-0.39, 0.29) is 12.2 Å². The number of carboxylic acids is 1. The number of hydrogen-bond donors (Lipinski definition) is 2. The third-order valence-corrected chi connectivity index (χ3v) is 4.27. The van der Waals surface area contributed by atoms with Gasteiger partial charge in [-0.05, 0) is 18.1 Å². The molecule has 0 saturated carbocycles. The van der Waals surface area contributed by atoms with Gasteiger partial charge in [0.15, 0.2) is 0 Å². The first kappa shape index (κ1) is 17.1. The molecule has 0 radical (unpaired) electrons. The summed E-state index contributed by atoms with van der Waals surface area (Å²) in [5.74, 6) is -1.38. The van der Waals surface area contributed by atoms with Gasteiger partial charge in [0.25, 0.3) is 0 Å². The van der Waals surface area contributed by atoms with Crippen molar-refractivity contribution < 1.29 is 18.3 Å². The quantitative estimate of drug-likeness (QED) is 0.758. The van der Waals surface area contributed by atoms with Crippen LogP contribution in [0.4, 0.5) is 0 Å². The molecule has 6 nitrogen and oxygen atoms in total. The number of carboxylic acid groups (broad SMARTS) is 1. The second-order valence-corrected chi connectivity index (χ2v) is 6.48. The summed E-state index contributed by atoms with van der Waals surface area (Å²) in [5.41, 5.74) is 0.700. The maximum atomic E-state index is 12.1. The number of nitrogens with one attached hydrogen (secondary N) is 1. The highest BCUT2D eigenvalue weighted by Crippen LogP contribution is 2.12. The summed E-state index contributed by atoms with van der Waals surface area (Å²) in [4.78, 5) is 10.8. The molecule has 0 spiro atoms. The Balaban J connectivity index is 2.85. The lowest BCUT2D eigenvalue weighted by Crippen LogP contribution is -2.37. The topological polar surface area (TPSA) is 107 Å². The van der Waals surface area contributed by atoms with Gasteiger partial charge in [0.2, 0.25) is 10.0 Å². The van der Waals surface area contributed by atoms with Crippen LogP contribution in [-0.2, 0) is 20.6 Å². The predicted molar refractivity (Wildman–Crippen MR) is 77.9 cm³/mol. The molecule has 0 heterocycles.